The van der Waals surface area contributed by atoms with Crippen molar-refractivity contribution in [3.63, 3.8) is 0 Å². The van der Waals surface area contributed by atoms with Crippen LogP contribution in [-0.4, -0.2) is 12.5 Å². The molecule has 2 aromatic rings. The van der Waals surface area contributed by atoms with Crippen LogP contribution in [0.25, 0.3) is 0 Å². The molecule has 1 amide bonds. The summed E-state index contributed by atoms with van der Waals surface area (Å²) in [6.45, 7) is 4.82. The first kappa shape index (κ1) is 14.9. The summed E-state index contributed by atoms with van der Waals surface area (Å²) < 4.78 is 5.64. The molecule has 0 radical (unpaired) electrons. The van der Waals surface area contributed by atoms with Crippen molar-refractivity contribution in [3.8, 4) is 5.75 Å². The molecule has 0 saturated carbocycles. The SMILES string of the molecule is CC(C)COc1cccc(NC(=O)c2ccccc2N)c1. The third kappa shape index (κ3) is 4.24. The summed E-state index contributed by atoms with van der Waals surface area (Å²) in [6.07, 6.45) is 0. The molecular formula is C17H20N2O2. The maximum absolute atomic E-state index is 12.2. The summed E-state index contributed by atoms with van der Waals surface area (Å²) in [5.74, 6) is 0.962. The average molecular weight is 284 g/mol. The quantitative estimate of drug-likeness (QED) is 0.825. The molecule has 4 nitrogen and oxygen atoms in total. The first-order valence-corrected chi connectivity index (χ1v) is 6.95. The molecule has 0 aliphatic carbocycles. The maximum atomic E-state index is 12.2. The van der Waals surface area contributed by atoms with E-state index in [0.29, 0.717) is 29.5 Å². The zero-order valence-corrected chi connectivity index (χ0v) is 12.3. The molecule has 0 aliphatic rings. The fraction of sp³-hybridized carbons (Fsp3) is 0.235. The lowest BCUT2D eigenvalue weighted by atomic mass is 10.1. The van der Waals surface area contributed by atoms with E-state index in [0.717, 1.165) is 5.75 Å². The van der Waals surface area contributed by atoms with Gasteiger partial charge in [0.1, 0.15) is 5.75 Å². The molecule has 0 fully saturated rings. The van der Waals surface area contributed by atoms with E-state index in [9.17, 15) is 4.79 Å². The number of rotatable bonds is 5. The highest BCUT2D eigenvalue weighted by Gasteiger charge is 2.09. The van der Waals surface area contributed by atoms with E-state index in [1.165, 1.54) is 0 Å². The number of carbonyl (C=O) groups is 1. The van der Waals surface area contributed by atoms with Crippen molar-refractivity contribution in [3.05, 3.63) is 54.1 Å². The van der Waals surface area contributed by atoms with Crippen molar-refractivity contribution in [2.45, 2.75) is 13.8 Å². The molecule has 0 saturated heterocycles. The van der Waals surface area contributed by atoms with Crippen LogP contribution in [0.1, 0.15) is 24.2 Å². The second-order valence-corrected chi connectivity index (χ2v) is 5.27. The van der Waals surface area contributed by atoms with Crippen molar-refractivity contribution in [1.82, 2.24) is 0 Å². The van der Waals surface area contributed by atoms with E-state index in [1.54, 1.807) is 30.3 Å². The van der Waals surface area contributed by atoms with Crippen LogP contribution in [0.2, 0.25) is 0 Å². The number of hydrogen-bond acceptors (Lipinski definition) is 3. The predicted molar refractivity (Wildman–Crippen MR) is 85.6 cm³/mol. The summed E-state index contributed by atoms with van der Waals surface area (Å²) in [5.41, 5.74) is 7.41. The van der Waals surface area contributed by atoms with Gasteiger partial charge in [-0.3, -0.25) is 4.79 Å². The lowest BCUT2D eigenvalue weighted by Crippen LogP contribution is -2.14. The number of carbonyl (C=O) groups excluding carboxylic acids is 1. The second-order valence-electron chi connectivity index (χ2n) is 5.27. The predicted octanol–water partition coefficient (Wildman–Crippen LogP) is 3.56. The first-order chi connectivity index (χ1) is 10.1. The maximum Gasteiger partial charge on any atom is 0.257 e. The van der Waals surface area contributed by atoms with Gasteiger partial charge in [0.15, 0.2) is 0 Å². The van der Waals surface area contributed by atoms with Gasteiger partial charge in [0, 0.05) is 17.4 Å². The Bertz CT molecular complexity index is 624. The number of benzene rings is 2. The van der Waals surface area contributed by atoms with Crippen LogP contribution in [-0.2, 0) is 0 Å². The number of para-hydroxylation sites is 1. The van der Waals surface area contributed by atoms with Gasteiger partial charge in [-0.15, -0.1) is 0 Å². The van der Waals surface area contributed by atoms with Gasteiger partial charge in [-0.05, 0) is 30.2 Å². The van der Waals surface area contributed by atoms with Gasteiger partial charge in [-0.2, -0.15) is 0 Å². The van der Waals surface area contributed by atoms with E-state index >= 15 is 0 Å². The number of amides is 1. The molecule has 3 N–H and O–H groups in total. The summed E-state index contributed by atoms with van der Waals surface area (Å²) in [5, 5.41) is 2.83. The molecule has 0 spiro atoms. The molecule has 0 unspecified atom stereocenters. The number of nitrogens with one attached hydrogen (secondary N) is 1. The van der Waals surface area contributed by atoms with Gasteiger partial charge >= 0.3 is 0 Å². The minimum absolute atomic E-state index is 0.228. The average Bonchev–Trinajstić information content (AvgIpc) is 2.46. The van der Waals surface area contributed by atoms with E-state index in [1.807, 2.05) is 18.2 Å². The van der Waals surface area contributed by atoms with Crippen LogP contribution in [0.15, 0.2) is 48.5 Å². The van der Waals surface area contributed by atoms with Crippen LogP contribution in [0.5, 0.6) is 5.75 Å². The molecular weight excluding hydrogens is 264 g/mol. The third-order valence-corrected chi connectivity index (χ3v) is 2.88. The van der Waals surface area contributed by atoms with Gasteiger partial charge in [0.05, 0.1) is 12.2 Å². The standard InChI is InChI=1S/C17H20N2O2/c1-12(2)11-21-14-7-5-6-13(10-14)19-17(20)15-8-3-4-9-16(15)18/h3-10,12H,11,18H2,1-2H3,(H,19,20). The van der Waals surface area contributed by atoms with Crippen molar-refractivity contribution >= 4 is 17.3 Å². The van der Waals surface area contributed by atoms with Crippen molar-refractivity contribution in [2.75, 3.05) is 17.7 Å². The number of ether oxygens (including phenoxy) is 1. The van der Waals surface area contributed by atoms with Crippen LogP contribution < -0.4 is 15.8 Å². The molecule has 2 rings (SSSR count). The Kier molecular flexibility index (Phi) is 4.82. The Morgan fingerprint density at radius 1 is 1.19 bits per heavy atom. The Morgan fingerprint density at radius 2 is 1.95 bits per heavy atom. The lowest BCUT2D eigenvalue weighted by Gasteiger charge is -2.11. The van der Waals surface area contributed by atoms with Gasteiger partial charge in [-0.25, -0.2) is 0 Å². The summed E-state index contributed by atoms with van der Waals surface area (Å²) >= 11 is 0. The molecule has 0 aliphatic heterocycles. The molecule has 0 atom stereocenters. The Labute approximate surface area is 124 Å². The van der Waals surface area contributed by atoms with Gasteiger partial charge in [-0.1, -0.05) is 32.0 Å². The van der Waals surface area contributed by atoms with Crippen LogP contribution in [0.3, 0.4) is 0 Å². The van der Waals surface area contributed by atoms with E-state index in [-0.39, 0.29) is 5.91 Å². The summed E-state index contributed by atoms with van der Waals surface area (Å²) in [4.78, 5) is 12.2. The van der Waals surface area contributed by atoms with Crippen LogP contribution >= 0.6 is 0 Å². The van der Waals surface area contributed by atoms with Gasteiger partial charge < -0.3 is 15.8 Å². The van der Waals surface area contributed by atoms with Gasteiger partial charge in [0.2, 0.25) is 0 Å². The van der Waals surface area contributed by atoms with Crippen molar-refractivity contribution in [1.29, 1.82) is 0 Å². The Morgan fingerprint density at radius 3 is 2.67 bits per heavy atom. The fourth-order valence-electron chi connectivity index (χ4n) is 1.83. The summed E-state index contributed by atoms with van der Waals surface area (Å²) in [6, 6.07) is 14.3. The smallest absolute Gasteiger partial charge is 0.257 e. The normalized spacial score (nSPS) is 10.4. The Balaban J connectivity index is 2.07. The molecule has 4 heteroatoms. The summed E-state index contributed by atoms with van der Waals surface area (Å²) in [7, 11) is 0. The number of nitrogens with two attached hydrogens (primary N) is 1. The number of anilines is 2. The zero-order valence-electron chi connectivity index (χ0n) is 12.3. The van der Waals surface area contributed by atoms with Crippen LogP contribution in [0, 0.1) is 5.92 Å². The highest BCUT2D eigenvalue weighted by molar-refractivity contribution is 6.07. The number of hydrogen-bond donors (Lipinski definition) is 2. The zero-order chi connectivity index (χ0) is 15.2. The first-order valence-electron chi connectivity index (χ1n) is 6.95. The monoisotopic (exact) mass is 284 g/mol. The number of nitrogen functional groups attached to an aromatic ring is 1. The largest absolute Gasteiger partial charge is 0.493 e. The molecule has 0 heterocycles. The highest BCUT2D eigenvalue weighted by Crippen LogP contribution is 2.20. The van der Waals surface area contributed by atoms with E-state index < -0.39 is 0 Å². The molecule has 2 aromatic carbocycles. The molecule has 0 bridgehead atoms. The van der Waals surface area contributed by atoms with Crippen molar-refractivity contribution < 1.29 is 9.53 Å². The fourth-order valence-corrected chi connectivity index (χ4v) is 1.83. The van der Waals surface area contributed by atoms with Crippen molar-refractivity contribution in [2.24, 2.45) is 5.92 Å². The lowest BCUT2D eigenvalue weighted by molar-refractivity contribution is 0.102. The Hall–Kier alpha value is -2.49. The van der Waals surface area contributed by atoms with E-state index in [4.69, 9.17) is 10.5 Å². The van der Waals surface area contributed by atoms with E-state index in [2.05, 4.69) is 19.2 Å². The van der Waals surface area contributed by atoms with Gasteiger partial charge in [0.25, 0.3) is 5.91 Å². The molecule has 0 aromatic heterocycles. The third-order valence-electron chi connectivity index (χ3n) is 2.88. The van der Waals surface area contributed by atoms with Crippen LogP contribution in [0.4, 0.5) is 11.4 Å². The highest BCUT2D eigenvalue weighted by atomic mass is 16.5. The minimum Gasteiger partial charge on any atom is -0.493 e. The molecule has 110 valence electrons. The topological polar surface area (TPSA) is 64.3 Å². The molecule has 21 heavy (non-hydrogen) atoms. The minimum atomic E-state index is -0.228. The second kappa shape index (κ2) is 6.79.